The summed E-state index contributed by atoms with van der Waals surface area (Å²) in [6.45, 7) is 14.2. The molecule has 1 atom stereocenters. The van der Waals surface area contributed by atoms with Crippen molar-refractivity contribution in [2.24, 2.45) is 0 Å². The second kappa shape index (κ2) is 7.71. The van der Waals surface area contributed by atoms with E-state index in [0.29, 0.717) is 6.04 Å². The molecule has 0 spiro atoms. The van der Waals surface area contributed by atoms with Gasteiger partial charge in [-0.15, -0.1) is 0 Å². The summed E-state index contributed by atoms with van der Waals surface area (Å²) in [5.74, 6) is 1.06. The first kappa shape index (κ1) is 16.3. The van der Waals surface area contributed by atoms with Crippen molar-refractivity contribution >= 4 is 0 Å². The van der Waals surface area contributed by atoms with Crippen LogP contribution in [0.3, 0.4) is 0 Å². The van der Waals surface area contributed by atoms with Crippen molar-refractivity contribution < 1.29 is 4.42 Å². The summed E-state index contributed by atoms with van der Waals surface area (Å²) in [7, 11) is 0. The minimum Gasteiger partial charge on any atom is -0.468 e. The van der Waals surface area contributed by atoms with Crippen molar-refractivity contribution in [1.29, 1.82) is 0 Å². The van der Waals surface area contributed by atoms with Crippen LogP contribution in [0, 0.1) is 0 Å². The molecule has 3 heteroatoms. The first-order valence-corrected chi connectivity index (χ1v) is 7.44. The van der Waals surface area contributed by atoms with Gasteiger partial charge in [-0.3, -0.25) is 4.90 Å². The van der Waals surface area contributed by atoms with E-state index < -0.39 is 0 Å². The van der Waals surface area contributed by atoms with Crippen LogP contribution in [0.25, 0.3) is 0 Å². The zero-order valence-electron chi connectivity index (χ0n) is 13.2. The molecule has 0 saturated carbocycles. The Morgan fingerprint density at radius 1 is 1.37 bits per heavy atom. The minimum absolute atomic E-state index is 0.224. The molecule has 0 aliphatic rings. The van der Waals surface area contributed by atoms with Crippen LogP contribution >= 0.6 is 0 Å². The molecule has 0 amide bonds. The molecule has 0 aromatic carbocycles. The molecule has 0 radical (unpaired) electrons. The average Bonchev–Trinajstić information content (AvgIpc) is 2.83. The Bertz CT molecular complexity index is 327. The van der Waals surface area contributed by atoms with Gasteiger partial charge in [0.1, 0.15) is 5.76 Å². The SMILES string of the molecule is CCN(Cc1ccco1)C(C)CCCNC(C)(C)C. The molecule has 1 rings (SSSR count). The van der Waals surface area contributed by atoms with E-state index in [2.05, 4.69) is 50.9 Å². The topological polar surface area (TPSA) is 28.4 Å². The molecular weight excluding hydrogens is 236 g/mol. The Kier molecular flexibility index (Phi) is 6.59. The van der Waals surface area contributed by atoms with Gasteiger partial charge in [-0.2, -0.15) is 0 Å². The third kappa shape index (κ3) is 6.79. The largest absolute Gasteiger partial charge is 0.468 e. The number of rotatable bonds is 8. The van der Waals surface area contributed by atoms with Gasteiger partial charge in [0.2, 0.25) is 0 Å². The molecule has 3 nitrogen and oxygen atoms in total. The van der Waals surface area contributed by atoms with Crippen LogP contribution in [0.2, 0.25) is 0 Å². The fraction of sp³-hybridized carbons (Fsp3) is 0.750. The molecule has 110 valence electrons. The molecule has 1 heterocycles. The van der Waals surface area contributed by atoms with Crippen LogP contribution < -0.4 is 5.32 Å². The van der Waals surface area contributed by atoms with Gasteiger partial charge in [0.05, 0.1) is 12.8 Å². The van der Waals surface area contributed by atoms with E-state index >= 15 is 0 Å². The molecule has 0 saturated heterocycles. The van der Waals surface area contributed by atoms with Crippen molar-refractivity contribution in [3.63, 3.8) is 0 Å². The molecule has 0 fully saturated rings. The van der Waals surface area contributed by atoms with Crippen molar-refractivity contribution in [2.45, 2.75) is 65.6 Å². The molecule has 1 N–H and O–H groups in total. The summed E-state index contributed by atoms with van der Waals surface area (Å²) in [6, 6.07) is 4.61. The fourth-order valence-corrected chi connectivity index (χ4v) is 2.23. The highest BCUT2D eigenvalue weighted by molar-refractivity contribution is 4.98. The van der Waals surface area contributed by atoms with Gasteiger partial charge < -0.3 is 9.73 Å². The number of furan rings is 1. The highest BCUT2D eigenvalue weighted by Gasteiger charge is 2.14. The average molecular weight is 266 g/mol. The fourth-order valence-electron chi connectivity index (χ4n) is 2.23. The van der Waals surface area contributed by atoms with E-state index in [0.717, 1.165) is 25.4 Å². The summed E-state index contributed by atoms with van der Waals surface area (Å²) >= 11 is 0. The molecule has 0 aliphatic carbocycles. The zero-order valence-corrected chi connectivity index (χ0v) is 13.2. The van der Waals surface area contributed by atoms with Crippen LogP contribution in [0.15, 0.2) is 22.8 Å². The molecule has 1 aromatic heterocycles. The van der Waals surface area contributed by atoms with Gasteiger partial charge in [-0.05, 0) is 65.8 Å². The Morgan fingerprint density at radius 3 is 2.63 bits per heavy atom. The van der Waals surface area contributed by atoms with E-state index in [4.69, 9.17) is 4.42 Å². The first-order valence-electron chi connectivity index (χ1n) is 7.44. The smallest absolute Gasteiger partial charge is 0.117 e. The van der Waals surface area contributed by atoms with E-state index in [1.807, 2.05) is 6.07 Å². The first-order chi connectivity index (χ1) is 8.92. The minimum atomic E-state index is 0.224. The number of hydrogen-bond acceptors (Lipinski definition) is 3. The Labute approximate surface area is 118 Å². The normalized spacial score (nSPS) is 14.0. The standard InChI is InChI=1S/C16H30N2O/c1-6-18(13-15-10-8-12-19-15)14(2)9-7-11-17-16(3,4)5/h8,10,12,14,17H,6-7,9,11,13H2,1-5H3. The highest BCUT2D eigenvalue weighted by atomic mass is 16.3. The Hall–Kier alpha value is -0.800. The predicted molar refractivity (Wildman–Crippen MR) is 81.2 cm³/mol. The maximum absolute atomic E-state index is 5.43. The van der Waals surface area contributed by atoms with Gasteiger partial charge in [-0.1, -0.05) is 6.92 Å². The molecule has 1 unspecified atom stereocenters. The second-order valence-corrected chi connectivity index (χ2v) is 6.31. The van der Waals surface area contributed by atoms with Crippen LogP contribution in [0.4, 0.5) is 0 Å². The van der Waals surface area contributed by atoms with Crippen molar-refractivity contribution in [3.8, 4) is 0 Å². The Morgan fingerprint density at radius 2 is 2.11 bits per heavy atom. The zero-order chi connectivity index (χ0) is 14.3. The van der Waals surface area contributed by atoms with E-state index in [1.165, 1.54) is 12.8 Å². The lowest BCUT2D eigenvalue weighted by Crippen LogP contribution is -2.37. The lowest BCUT2D eigenvalue weighted by atomic mass is 10.1. The molecule has 0 bridgehead atoms. The van der Waals surface area contributed by atoms with Crippen molar-refractivity contribution in [3.05, 3.63) is 24.2 Å². The van der Waals surface area contributed by atoms with Crippen LogP contribution in [-0.4, -0.2) is 29.6 Å². The molecule has 0 aliphatic heterocycles. The number of nitrogens with zero attached hydrogens (tertiary/aromatic N) is 1. The lowest BCUT2D eigenvalue weighted by molar-refractivity contribution is 0.183. The van der Waals surface area contributed by atoms with Gasteiger partial charge in [0.15, 0.2) is 0 Å². The van der Waals surface area contributed by atoms with Gasteiger partial charge in [0.25, 0.3) is 0 Å². The van der Waals surface area contributed by atoms with Gasteiger partial charge >= 0.3 is 0 Å². The highest BCUT2D eigenvalue weighted by Crippen LogP contribution is 2.12. The van der Waals surface area contributed by atoms with Crippen LogP contribution in [-0.2, 0) is 6.54 Å². The van der Waals surface area contributed by atoms with Gasteiger partial charge in [0, 0.05) is 11.6 Å². The van der Waals surface area contributed by atoms with E-state index in [9.17, 15) is 0 Å². The summed E-state index contributed by atoms with van der Waals surface area (Å²) in [4.78, 5) is 2.47. The third-order valence-corrected chi connectivity index (χ3v) is 3.42. The summed E-state index contributed by atoms with van der Waals surface area (Å²) < 4.78 is 5.43. The lowest BCUT2D eigenvalue weighted by Gasteiger charge is -2.27. The number of nitrogens with one attached hydrogen (secondary N) is 1. The molecular formula is C16H30N2O. The van der Waals surface area contributed by atoms with Crippen molar-refractivity contribution in [2.75, 3.05) is 13.1 Å². The summed E-state index contributed by atoms with van der Waals surface area (Å²) in [5, 5.41) is 3.54. The maximum Gasteiger partial charge on any atom is 0.117 e. The Balaban J connectivity index is 2.27. The quantitative estimate of drug-likeness (QED) is 0.728. The summed E-state index contributed by atoms with van der Waals surface area (Å²) in [5.41, 5.74) is 0.224. The van der Waals surface area contributed by atoms with Crippen LogP contribution in [0.1, 0.15) is 53.2 Å². The third-order valence-electron chi connectivity index (χ3n) is 3.42. The van der Waals surface area contributed by atoms with Crippen molar-refractivity contribution in [1.82, 2.24) is 10.2 Å². The van der Waals surface area contributed by atoms with Crippen LogP contribution in [0.5, 0.6) is 0 Å². The van der Waals surface area contributed by atoms with E-state index in [1.54, 1.807) is 6.26 Å². The maximum atomic E-state index is 5.43. The van der Waals surface area contributed by atoms with Gasteiger partial charge in [-0.25, -0.2) is 0 Å². The number of hydrogen-bond donors (Lipinski definition) is 1. The molecule has 1 aromatic rings. The summed E-state index contributed by atoms with van der Waals surface area (Å²) in [6.07, 6.45) is 4.19. The monoisotopic (exact) mass is 266 g/mol. The molecule has 19 heavy (non-hydrogen) atoms. The van der Waals surface area contributed by atoms with E-state index in [-0.39, 0.29) is 5.54 Å². The predicted octanol–water partition coefficient (Wildman–Crippen LogP) is 3.66. The second-order valence-electron chi connectivity index (χ2n) is 6.31.